The van der Waals surface area contributed by atoms with Crippen molar-refractivity contribution in [1.82, 2.24) is 15.2 Å². The number of nitrogens with one attached hydrogen (secondary N) is 1. The molecule has 7 heteroatoms. The van der Waals surface area contributed by atoms with E-state index in [4.69, 9.17) is 0 Å². The second-order valence-electron chi connectivity index (χ2n) is 6.20. The largest absolute Gasteiger partial charge is 0.328 e. The Morgan fingerprint density at radius 3 is 3.00 bits per heavy atom. The van der Waals surface area contributed by atoms with Crippen LogP contribution in [0.3, 0.4) is 0 Å². The molecule has 0 bridgehead atoms. The van der Waals surface area contributed by atoms with Gasteiger partial charge in [-0.3, -0.25) is 9.78 Å². The monoisotopic (exact) mass is 391 g/mol. The molecule has 1 aromatic carbocycles. The van der Waals surface area contributed by atoms with E-state index in [1.165, 1.54) is 23.5 Å². The average molecular weight is 392 g/mol. The van der Waals surface area contributed by atoms with Crippen molar-refractivity contribution in [2.45, 2.75) is 13.0 Å². The number of carbonyl (C=O) groups is 1. The van der Waals surface area contributed by atoms with Crippen molar-refractivity contribution in [3.63, 3.8) is 0 Å². The number of carbonyl (C=O) groups excluding carboxylic acids is 1. The van der Waals surface area contributed by atoms with Crippen LogP contribution in [0.25, 0.3) is 10.1 Å². The topological polar surface area (TPSA) is 45.2 Å². The molecule has 1 fully saturated rings. The number of aryl methyl sites for hydroxylation is 1. The number of thiophene rings is 1. The zero-order chi connectivity index (χ0) is 17.4. The van der Waals surface area contributed by atoms with Gasteiger partial charge in [0.15, 0.2) is 0 Å². The molecule has 3 heterocycles. The summed E-state index contributed by atoms with van der Waals surface area (Å²) >= 11 is 1.44. The van der Waals surface area contributed by atoms with E-state index in [0.717, 1.165) is 27.8 Å². The normalized spacial score (nSPS) is 17.2. The molecule has 2 aromatic heterocycles. The average Bonchev–Trinajstić information content (AvgIpc) is 2.98. The van der Waals surface area contributed by atoms with Crippen LogP contribution >= 0.6 is 23.7 Å². The van der Waals surface area contributed by atoms with E-state index < -0.39 is 0 Å². The second kappa shape index (κ2) is 7.70. The zero-order valence-corrected chi connectivity index (χ0v) is 15.9. The first-order chi connectivity index (χ1) is 12.1. The first-order valence-corrected chi connectivity index (χ1v) is 9.07. The van der Waals surface area contributed by atoms with Crippen LogP contribution in [0.5, 0.6) is 0 Å². The molecule has 0 saturated carbocycles. The van der Waals surface area contributed by atoms with Gasteiger partial charge in [0.2, 0.25) is 0 Å². The highest BCUT2D eigenvalue weighted by Crippen LogP contribution is 2.34. The van der Waals surface area contributed by atoms with Gasteiger partial charge in [0.1, 0.15) is 5.82 Å². The van der Waals surface area contributed by atoms with Gasteiger partial charge in [-0.25, -0.2) is 4.39 Å². The summed E-state index contributed by atoms with van der Waals surface area (Å²) in [6.07, 6.45) is 3.54. The van der Waals surface area contributed by atoms with E-state index in [1.54, 1.807) is 12.3 Å². The third kappa shape index (κ3) is 3.32. The van der Waals surface area contributed by atoms with Gasteiger partial charge >= 0.3 is 0 Å². The molecule has 1 saturated heterocycles. The third-order valence-electron chi connectivity index (χ3n) is 4.67. The van der Waals surface area contributed by atoms with Crippen LogP contribution in [-0.2, 0) is 0 Å². The first-order valence-electron chi connectivity index (χ1n) is 8.25. The van der Waals surface area contributed by atoms with E-state index in [1.807, 2.05) is 30.2 Å². The maximum Gasteiger partial charge on any atom is 0.264 e. The molecule has 26 heavy (non-hydrogen) atoms. The maximum atomic E-state index is 13.6. The number of amides is 1. The predicted octanol–water partition coefficient (Wildman–Crippen LogP) is 3.95. The Morgan fingerprint density at radius 1 is 1.38 bits per heavy atom. The molecule has 0 aliphatic carbocycles. The molecule has 1 aliphatic heterocycles. The fourth-order valence-electron chi connectivity index (χ4n) is 3.35. The van der Waals surface area contributed by atoms with E-state index in [9.17, 15) is 9.18 Å². The van der Waals surface area contributed by atoms with Gasteiger partial charge < -0.3 is 10.2 Å². The van der Waals surface area contributed by atoms with Crippen molar-refractivity contribution in [3.05, 3.63) is 64.5 Å². The second-order valence-corrected chi connectivity index (χ2v) is 7.25. The molecule has 1 amide bonds. The number of rotatable bonds is 2. The lowest BCUT2D eigenvalue weighted by atomic mass is 10.0. The Labute approximate surface area is 161 Å². The molecule has 4 nitrogen and oxygen atoms in total. The number of fused-ring (bicyclic) bond motifs is 1. The Kier molecular flexibility index (Phi) is 5.55. The number of halogens is 2. The molecule has 1 atom stereocenters. The minimum atomic E-state index is -0.275. The molecule has 1 N–H and O–H groups in total. The van der Waals surface area contributed by atoms with Crippen LogP contribution in [0.1, 0.15) is 26.8 Å². The van der Waals surface area contributed by atoms with Crippen molar-refractivity contribution in [1.29, 1.82) is 0 Å². The Balaban J connectivity index is 0.00000196. The SMILES string of the molecule is Cc1c(C(=O)N2CCNCC2c2cccnc2)sc2ccc(F)cc12.Cl. The van der Waals surface area contributed by atoms with Crippen LogP contribution in [0, 0.1) is 12.7 Å². The number of pyridine rings is 1. The Bertz CT molecular complexity index is 931. The lowest BCUT2D eigenvalue weighted by Crippen LogP contribution is -2.48. The zero-order valence-electron chi connectivity index (χ0n) is 14.2. The fraction of sp³-hybridized carbons (Fsp3) is 0.263. The molecule has 1 unspecified atom stereocenters. The summed E-state index contributed by atoms with van der Waals surface area (Å²) in [5.74, 6) is -0.266. The summed E-state index contributed by atoms with van der Waals surface area (Å²) in [7, 11) is 0. The highest BCUT2D eigenvalue weighted by molar-refractivity contribution is 7.21. The van der Waals surface area contributed by atoms with Gasteiger partial charge in [-0.1, -0.05) is 6.07 Å². The lowest BCUT2D eigenvalue weighted by molar-refractivity contribution is 0.0638. The summed E-state index contributed by atoms with van der Waals surface area (Å²) in [6.45, 7) is 4.00. The van der Waals surface area contributed by atoms with Gasteiger partial charge in [-0.05, 0) is 47.7 Å². The van der Waals surface area contributed by atoms with Crippen LogP contribution < -0.4 is 5.32 Å². The van der Waals surface area contributed by atoms with Crippen molar-refractivity contribution >= 4 is 39.7 Å². The molecule has 1 aliphatic rings. The molecule has 4 rings (SSSR count). The Hall–Kier alpha value is -2.02. The molecular formula is C19H19ClFN3OS. The van der Waals surface area contributed by atoms with E-state index >= 15 is 0 Å². The van der Waals surface area contributed by atoms with Crippen LogP contribution in [0.4, 0.5) is 4.39 Å². The first kappa shape index (κ1) is 18.8. The molecule has 3 aromatic rings. The highest BCUT2D eigenvalue weighted by Gasteiger charge is 2.30. The summed E-state index contributed by atoms with van der Waals surface area (Å²) in [5, 5.41) is 4.17. The summed E-state index contributed by atoms with van der Waals surface area (Å²) < 4.78 is 14.5. The van der Waals surface area contributed by atoms with E-state index in [0.29, 0.717) is 18.0 Å². The molecule has 136 valence electrons. The van der Waals surface area contributed by atoms with E-state index in [-0.39, 0.29) is 30.2 Å². The number of nitrogens with zero attached hydrogens (tertiary/aromatic N) is 2. The fourth-order valence-corrected chi connectivity index (χ4v) is 4.49. The smallest absolute Gasteiger partial charge is 0.264 e. The van der Waals surface area contributed by atoms with Gasteiger partial charge in [0, 0.05) is 36.7 Å². The number of piperazine rings is 1. The summed E-state index contributed by atoms with van der Waals surface area (Å²) in [4.78, 5) is 20.0. The van der Waals surface area contributed by atoms with Gasteiger partial charge in [-0.15, -0.1) is 23.7 Å². The minimum absolute atomic E-state index is 0. The van der Waals surface area contributed by atoms with Crippen molar-refractivity contribution in [2.75, 3.05) is 19.6 Å². The highest BCUT2D eigenvalue weighted by atomic mass is 35.5. The van der Waals surface area contributed by atoms with Gasteiger partial charge in [0.05, 0.1) is 10.9 Å². The maximum absolute atomic E-state index is 13.6. The molecular weight excluding hydrogens is 373 g/mol. The van der Waals surface area contributed by atoms with Crippen molar-refractivity contribution < 1.29 is 9.18 Å². The lowest BCUT2D eigenvalue weighted by Gasteiger charge is -2.36. The van der Waals surface area contributed by atoms with Crippen LogP contribution in [0.2, 0.25) is 0 Å². The van der Waals surface area contributed by atoms with Crippen LogP contribution in [0.15, 0.2) is 42.7 Å². The summed E-state index contributed by atoms with van der Waals surface area (Å²) in [5.41, 5.74) is 1.88. The quantitative estimate of drug-likeness (QED) is 0.719. The molecule has 0 spiro atoms. The number of aromatic nitrogens is 1. The molecule has 0 radical (unpaired) electrons. The standard InChI is InChI=1S/C19H18FN3OS.ClH/c1-12-15-9-14(20)4-5-17(15)25-18(12)19(24)23-8-7-22-11-16(23)13-3-2-6-21-10-13;/h2-6,9-10,16,22H,7-8,11H2,1H3;1H. The van der Waals surface area contributed by atoms with E-state index in [2.05, 4.69) is 10.3 Å². The number of hydrogen-bond donors (Lipinski definition) is 1. The number of hydrogen-bond acceptors (Lipinski definition) is 4. The van der Waals surface area contributed by atoms with Crippen molar-refractivity contribution in [2.24, 2.45) is 0 Å². The van der Waals surface area contributed by atoms with Crippen molar-refractivity contribution in [3.8, 4) is 0 Å². The third-order valence-corrected chi connectivity index (χ3v) is 5.93. The predicted molar refractivity (Wildman–Crippen MR) is 105 cm³/mol. The minimum Gasteiger partial charge on any atom is -0.328 e. The Morgan fingerprint density at radius 2 is 2.23 bits per heavy atom. The van der Waals surface area contributed by atoms with Gasteiger partial charge in [0.25, 0.3) is 5.91 Å². The van der Waals surface area contributed by atoms with Gasteiger partial charge in [-0.2, -0.15) is 0 Å². The summed E-state index contributed by atoms with van der Waals surface area (Å²) in [6, 6.07) is 8.54. The van der Waals surface area contributed by atoms with Crippen LogP contribution in [-0.4, -0.2) is 35.4 Å². The number of benzene rings is 1.